The summed E-state index contributed by atoms with van der Waals surface area (Å²) in [5, 5.41) is 0. The Hall–Kier alpha value is -0.570. The van der Waals surface area contributed by atoms with E-state index in [1.54, 1.807) is 0 Å². The first-order valence-corrected chi connectivity index (χ1v) is 4.41. The third-order valence-corrected chi connectivity index (χ3v) is 1.49. The number of carbonyl (C=O) groups excluding carboxylic acids is 1. The first-order valence-electron chi connectivity index (χ1n) is 4.41. The Morgan fingerprint density at radius 2 is 2.08 bits per heavy atom. The van der Waals surface area contributed by atoms with E-state index in [9.17, 15) is 4.79 Å². The lowest BCUT2D eigenvalue weighted by Gasteiger charge is -2.11. The molecule has 3 nitrogen and oxygen atoms in total. The van der Waals surface area contributed by atoms with Crippen molar-refractivity contribution >= 4 is 5.97 Å². The van der Waals surface area contributed by atoms with Crippen molar-refractivity contribution in [1.82, 2.24) is 0 Å². The van der Waals surface area contributed by atoms with E-state index in [0.717, 1.165) is 12.8 Å². The van der Waals surface area contributed by atoms with Crippen molar-refractivity contribution in [2.24, 2.45) is 0 Å². The molecule has 0 aliphatic heterocycles. The van der Waals surface area contributed by atoms with Crippen molar-refractivity contribution in [2.75, 3.05) is 13.2 Å². The number of ether oxygens (including phenoxy) is 2. The predicted molar refractivity (Wildman–Crippen MR) is 47.0 cm³/mol. The summed E-state index contributed by atoms with van der Waals surface area (Å²) in [6, 6.07) is 0. The molecule has 3 heteroatoms. The second-order valence-corrected chi connectivity index (χ2v) is 2.81. The Bertz CT molecular complexity index is 123. The van der Waals surface area contributed by atoms with Gasteiger partial charge in [0.2, 0.25) is 0 Å². The van der Waals surface area contributed by atoms with Gasteiger partial charge in [0.05, 0.1) is 12.7 Å². The van der Waals surface area contributed by atoms with E-state index >= 15 is 0 Å². The van der Waals surface area contributed by atoms with E-state index in [1.807, 2.05) is 6.92 Å². The molecule has 0 saturated heterocycles. The van der Waals surface area contributed by atoms with Crippen LogP contribution in [0.25, 0.3) is 0 Å². The number of esters is 1. The van der Waals surface area contributed by atoms with Crippen molar-refractivity contribution in [3.8, 4) is 0 Å². The van der Waals surface area contributed by atoms with Crippen molar-refractivity contribution < 1.29 is 14.3 Å². The van der Waals surface area contributed by atoms with Crippen molar-refractivity contribution in [3.05, 3.63) is 0 Å². The van der Waals surface area contributed by atoms with Crippen molar-refractivity contribution in [2.45, 2.75) is 39.7 Å². The number of rotatable bonds is 6. The van der Waals surface area contributed by atoms with Crippen LogP contribution in [0.5, 0.6) is 0 Å². The van der Waals surface area contributed by atoms with Crippen LogP contribution in [0.15, 0.2) is 0 Å². The Morgan fingerprint density at radius 3 is 2.58 bits per heavy atom. The molecule has 0 spiro atoms. The van der Waals surface area contributed by atoms with Crippen LogP contribution >= 0.6 is 0 Å². The second-order valence-electron chi connectivity index (χ2n) is 2.81. The lowest BCUT2D eigenvalue weighted by molar-refractivity contribution is -0.143. The first-order chi connectivity index (χ1) is 5.66. The molecule has 0 fully saturated rings. The summed E-state index contributed by atoms with van der Waals surface area (Å²) in [5.41, 5.74) is 0. The zero-order valence-electron chi connectivity index (χ0n) is 8.13. The largest absolute Gasteiger partial charge is 0.463 e. The van der Waals surface area contributed by atoms with E-state index in [1.165, 1.54) is 6.92 Å². The van der Waals surface area contributed by atoms with Gasteiger partial charge in [-0.2, -0.15) is 0 Å². The Labute approximate surface area is 74.0 Å². The predicted octanol–water partition coefficient (Wildman–Crippen LogP) is 1.75. The monoisotopic (exact) mass is 174 g/mol. The maximum Gasteiger partial charge on any atom is 0.302 e. The summed E-state index contributed by atoms with van der Waals surface area (Å²) in [6.45, 7) is 6.41. The molecule has 1 unspecified atom stereocenters. The van der Waals surface area contributed by atoms with Gasteiger partial charge in [0.25, 0.3) is 0 Å². The molecule has 0 aliphatic carbocycles. The summed E-state index contributed by atoms with van der Waals surface area (Å²) < 4.78 is 10.1. The fraction of sp³-hybridized carbons (Fsp3) is 0.889. The Morgan fingerprint density at radius 1 is 1.42 bits per heavy atom. The Balaban J connectivity index is 3.13. The molecule has 0 aromatic rings. The number of carbonyl (C=O) groups is 1. The molecule has 0 heterocycles. The minimum Gasteiger partial charge on any atom is -0.463 e. The molecule has 12 heavy (non-hydrogen) atoms. The minimum absolute atomic E-state index is 0.248. The van der Waals surface area contributed by atoms with Crippen LogP contribution in [0.1, 0.15) is 33.6 Å². The molecule has 0 aromatic heterocycles. The highest BCUT2D eigenvalue weighted by atomic mass is 16.6. The molecule has 0 aromatic carbocycles. The van der Waals surface area contributed by atoms with Crippen LogP contribution in [-0.2, 0) is 14.3 Å². The maximum atomic E-state index is 10.3. The van der Waals surface area contributed by atoms with E-state index in [2.05, 4.69) is 6.92 Å². The summed E-state index contributed by atoms with van der Waals surface area (Å²) in [5.74, 6) is -0.248. The normalized spacial score (nSPS) is 12.6. The van der Waals surface area contributed by atoms with Gasteiger partial charge in [-0.05, 0) is 13.3 Å². The van der Waals surface area contributed by atoms with E-state index in [4.69, 9.17) is 9.47 Å². The molecule has 0 saturated carbocycles. The van der Waals surface area contributed by atoms with Gasteiger partial charge in [-0.3, -0.25) is 4.79 Å². The standard InChI is InChI=1S/C9H18O3/c1-4-5-8(2)11-6-7-12-9(3)10/h8H,4-7H2,1-3H3. The smallest absolute Gasteiger partial charge is 0.302 e. The summed E-state index contributed by atoms with van der Waals surface area (Å²) in [4.78, 5) is 10.3. The molecule has 0 rings (SSSR count). The van der Waals surface area contributed by atoms with E-state index < -0.39 is 0 Å². The average molecular weight is 174 g/mol. The van der Waals surface area contributed by atoms with Gasteiger partial charge in [-0.1, -0.05) is 13.3 Å². The van der Waals surface area contributed by atoms with Crippen LogP contribution in [0, 0.1) is 0 Å². The van der Waals surface area contributed by atoms with Crippen LogP contribution < -0.4 is 0 Å². The van der Waals surface area contributed by atoms with Gasteiger partial charge < -0.3 is 9.47 Å². The average Bonchev–Trinajstić information content (AvgIpc) is 1.98. The highest BCUT2D eigenvalue weighted by Crippen LogP contribution is 1.99. The molecule has 0 amide bonds. The lowest BCUT2D eigenvalue weighted by atomic mass is 10.2. The minimum atomic E-state index is -0.248. The molecular formula is C9H18O3. The van der Waals surface area contributed by atoms with Crippen molar-refractivity contribution in [1.29, 1.82) is 0 Å². The molecule has 72 valence electrons. The second kappa shape index (κ2) is 7.10. The van der Waals surface area contributed by atoms with Gasteiger partial charge in [-0.15, -0.1) is 0 Å². The van der Waals surface area contributed by atoms with Gasteiger partial charge in [0.15, 0.2) is 0 Å². The lowest BCUT2D eigenvalue weighted by Crippen LogP contribution is -2.13. The molecule has 0 radical (unpaired) electrons. The number of hydrogen-bond donors (Lipinski definition) is 0. The van der Waals surface area contributed by atoms with Crippen LogP contribution in [0.3, 0.4) is 0 Å². The van der Waals surface area contributed by atoms with Crippen molar-refractivity contribution in [3.63, 3.8) is 0 Å². The van der Waals surface area contributed by atoms with Gasteiger partial charge in [0, 0.05) is 6.92 Å². The summed E-state index contributed by atoms with van der Waals surface area (Å²) >= 11 is 0. The topological polar surface area (TPSA) is 35.5 Å². The number of hydrogen-bond acceptors (Lipinski definition) is 3. The molecule has 0 N–H and O–H groups in total. The molecule has 1 atom stereocenters. The van der Waals surface area contributed by atoms with Crippen LogP contribution in [-0.4, -0.2) is 25.3 Å². The quantitative estimate of drug-likeness (QED) is 0.454. The SMILES string of the molecule is CCCC(C)OCCOC(C)=O. The van der Waals surface area contributed by atoms with Crippen LogP contribution in [0.2, 0.25) is 0 Å². The van der Waals surface area contributed by atoms with E-state index in [-0.39, 0.29) is 12.1 Å². The fourth-order valence-electron chi connectivity index (χ4n) is 0.925. The van der Waals surface area contributed by atoms with Gasteiger partial charge in [0.1, 0.15) is 6.61 Å². The molecule has 0 aliphatic rings. The molecule has 0 bridgehead atoms. The Kier molecular flexibility index (Phi) is 6.76. The summed E-state index contributed by atoms with van der Waals surface area (Å²) in [6.07, 6.45) is 2.44. The van der Waals surface area contributed by atoms with Gasteiger partial charge >= 0.3 is 5.97 Å². The first kappa shape index (κ1) is 11.4. The fourth-order valence-corrected chi connectivity index (χ4v) is 0.925. The zero-order valence-corrected chi connectivity index (χ0v) is 8.13. The highest BCUT2D eigenvalue weighted by Gasteiger charge is 2.00. The zero-order chi connectivity index (χ0) is 9.40. The highest BCUT2D eigenvalue weighted by molar-refractivity contribution is 5.65. The van der Waals surface area contributed by atoms with E-state index in [0.29, 0.717) is 13.2 Å². The van der Waals surface area contributed by atoms with Gasteiger partial charge in [-0.25, -0.2) is 0 Å². The molecular weight excluding hydrogens is 156 g/mol. The van der Waals surface area contributed by atoms with Crippen LogP contribution in [0.4, 0.5) is 0 Å². The maximum absolute atomic E-state index is 10.3. The third kappa shape index (κ3) is 7.54. The third-order valence-electron chi connectivity index (χ3n) is 1.49. The summed E-state index contributed by atoms with van der Waals surface area (Å²) in [7, 11) is 0.